The van der Waals surface area contributed by atoms with Crippen LogP contribution in [0.1, 0.15) is 72.0 Å². The molecule has 0 radical (unpaired) electrons. The number of rotatable bonds is 10. The lowest BCUT2D eigenvalue weighted by atomic mass is 9.98. The fraction of sp³-hybridized carbons (Fsp3) is 0.300. The van der Waals surface area contributed by atoms with Crippen molar-refractivity contribution in [2.24, 2.45) is 0 Å². The maximum absolute atomic E-state index is 13.4. The lowest BCUT2D eigenvalue weighted by Crippen LogP contribution is -2.19. The van der Waals surface area contributed by atoms with Crippen LogP contribution in [0.4, 0.5) is 13.2 Å². The number of fused-ring (bicyclic) bond motifs is 1. The van der Waals surface area contributed by atoms with Crippen molar-refractivity contribution in [3.8, 4) is 21.7 Å². The van der Waals surface area contributed by atoms with Crippen LogP contribution in [0.2, 0.25) is 0 Å². The van der Waals surface area contributed by atoms with Crippen LogP contribution in [-0.4, -0.2) is 41.5 Å². The van der Waals surface area contributed by atoms with Crippen LogP contribution in [0.3, 0.4) is 0 Å². The fourth-order valence-electron chi connectivity index (χ4n) is 4.93. The summed E-state index contributed by atoms with van der Waals surface area (Å²) in [5.74, 6) is -0.424. The molecule has 226 valence electrons. The molecular formula is C30H24F3N5O5S. The molecule has 10 nitrogen and oxygen atoms in total. The Kier molecular flexibility index (Phi) is 7.61. The normalized spacial score (nSPS) is 13.5. The molecule has 14 heteroatoms. The van der Waals surface area contributed by atoms with E-state index in [1.807, 2.05) is 6.92 Å². The number of carboxylic acids is 1. The van der Waals surface area contributed by atoms with Gasteiger partial charge in [-0.15, -0.1) is 11.3 Å². The number of hydrogen-bond donors (Lipinski definition) is 1. The van der Waals surface area contributed by atoms with E-state index in [0.717, 1.165) is 29.6 Å². The van der Waals surface area contributed by atoms with Gasteiger partial charge in [0, 0.05) is 58.7 Å². The number of ketones is 1. The van der Waals surface area contributed by atoms with Crippen LogP contribution < -0.4 is 5.43 Å². The van der Waals surface area contributed by atoms with Crippen LogP contribution in [0.5, 0.6) is 0 Å². The van der Waals surface area contributed by atoms with E-state index in [0.29, 0.717) is 52.5 Å². The first kappa shape index (κ1) is 29.4. The molecule has 6 rings (SSSR count). The Hall–Kier alpha value is -4.72. The van der Waals surface area contributed by atoms with Crippen molar-refractivity contribution in [1.82, 2.24) is 24.7 Å². The summed E-state index contributed by atoms with van der Waals surface area (Å²) >= 11 is 0.791. The molecule has 5 aromatic rings. The van der Waals surface area contributed by atoms with Gasteiger partial charge in [0.1, 0.15) is 16.4 Å². The fourth-order valence-corrected chi connectivity index (χ4v) is 5.78. The Bertz CT molecular complexity index is 1980. The van der Waals surface area contributed by atoms with E-state index < -0.39 is 28.8 Å². The molecule has 0 amide bonds. The predicted molar refractivity (Wildman–Crippen MR) is 154 cm³/mol. The third kappa shape index (κ3) is 5.89. The molecule has 4 heterocycles. The van der Waals surface area contributed by atoms with Gasteiger partial charge < -0.3 is 14.2 Å². The number of nitrogens with zero attached hydrogens (tertiary/aromatic N) is 5. The van der Waals surface area contributed by atoms with Crippen molar-refractivity contribution in [2.75, 3.05) is 0 Å². The molecule has 1 aromatic carbocycles. The first-order valence-electron chi connectivity index (χ1n) is 13.8. The minimum atomic E-state index is -4.65. The zero-order valence-electron chi connectivity index (χ0n) is 23.2. The molecule has 1 aliphatic rings. The number of carboxylic acid groups (broad SMARTS) is 1. The minimum absolute atomic E-state index is 0.00155. The molecule has 1 aliphatic carbocycles. The number of benzene rings is 1. The van der Waals surface area contributed by atoms with Gasteiger partial charge in [-0.3, -0.25) is 14.6 Å². The quantitative estimate of drug-likeness (QED) is 0.195. The summed E-state index contributed by atoms with van der Waals surface area (Å²) in [6.07, 6.45) is 0.902. The summed E-state index contributed by atoms with van der Waals surface area (Å²) in [6.45, 7) is 1.91. The highest BCUT2D eigenvalue weighted by Crippen LogP contribution is 2.40. The summed E-state index contributed by atoms with van der Waals surface area (Å²) in [4.78, 5) is 50.3. The summed E-state index contributed by atoms with van der Waals surface area (Å²) in [6, 6.07) is 6.29. The molecule has 1 fully saturated rings. The first-order chi connectivity index (χ1) is 21.0. The largest absolute Gasteiger partial charge is 0.477 e. The minimum Gasteiger partial charge on any atom is -0.477 e. The van der Waals surface area contributed by atoms with Gasteiger partial charge in [-0.2, -0.15) is 18.2 Å². The SMILES string of the molecule is CCCC(=O)Cc1cc(-c2nc(C(F)(F)F)cs2)c(-c2ccc3c(c2)c(=O)c(C(=O)O)cn3Cc2noc(C3CC3)n2)cn1. The lowest BCUT2D eigenvalue weighted by molar-refractivity contribution is -0.140. The number of hydrogen-bond acceptors (Lipinski definition) is 9. The molecule has 1 saturated carbocycles. The number of carbonyl (C=O) groups excluding carboxylic acids is 1. The maximum Gasteiger partial charge on any atom is 0.434 e. The number of alkyl halides is 3. The molecule has 0 aliphatic heterocycles. The molecule has 0 saturated heterocycles. The van der Waals surface area contributed by atoms with Gasteiger partial charge in [0.05, 0.1) is 12.1 Å². The Morgan fingerprint density at radius 1 is 1.16 bits per heavy atom. The maximum atomic E-state index is 13.4. The van der Waals surface area contributed by atoms with Crippen molar-refractivity contribution in [3.63, 3.8) is 0 Å². The summed E-state index contributed by atoms with van der Waals surface area (Å²) in [5, 5.41) is 14.8. The lowest BCUT2D eigenvalue weighted by Gasteiger charge is -2.14. The van der Waals surface area contributed by atoms with Gasteiger partial charge in [0.15, 0.2) is 11.5 Å². The van der Waals surface area contributed by atoms with Gasteiger partial charge >= 0.3 is 12.1 Å². The van der Waals surface area contributed by atoms with Crippen LogP contribution in [0.15, 0.2) is 51.4 Å². The van der Waals surface area contributed by atoms with Crippen molar-refractivity contribution in [2.45, 2.75) is 57.7 Å². The average Bonchev–Trinajstić information content (AvgIpc) is 3.50. The van der Waals surface area contributed by atoms with Crippen molar-refractivity contribution in [3.05, 3.63) is 80.9 Å². The Morgan fingerprint density at radius 3 is 2.64 bits per heavy atom. The predicted octanol–water partition coefficient (Wildman–Crippen LogP) is 6.12. The number of aromatic nitrogens is 5. The number of carbonyl (C=O) groups is 2. The van der Waals surface area contributed by atoms with E-state index >= 15 is 0 Å². The molecule has 4 aromatic heterocycles. The molecule has 0 unspecified atom stereocenters. The monoisotopic (exact) mass is 623 g/mol. The average molecular weight is 624 g/mol. The third-order valence-corrected chi connectivity index (χ3v) is 8.11. The van der Waals surface area contributed by atoms with Gasteiger partial charge in [-0.05, 0) is 43.0 Å². The number of aromatic carboxylic acids is 1. The zero-order valence-corrected chi connectivity index (χ0v) is 24.0. The Labute approximate surface area is 251 Å². The number of pyridine rings is 2. The van der Waals surface area contributed by atoms with Crippen molar-refractivity contribution < 1.29 is 32.4 Å². The number of thiazole rings is 1. The Morgan fingerprint density at radius 2 is 1.95 bits per heavy atom. The van der Waals surface area contributed by atoms with E-state index in [2.05, 4.69) is 20.1 Å². The van der Waals surface area contributed by atoms with Crippen LogP contribution in [-0.2, 0) is 23.9 Å². The highest BCUT2D eigenvalue weighted by Gasteiger charge is 2.34. The smallest absolute Gasteiger partial charge is 0.434 e. The summed E-state index contributed by atoms with van der Waals surface area (Å²) < 4.78 is 47.1. The molecule has 0 spiro atoms. The molecule has 1 N–H and O–H groups in total. The molecule has 0 atom stereocenters. The van der Waals surface area contributed by atoms with Crippen LogP contribution in [0, 0.1) is 0 Å². The van der Waals surface area contributed by atoms with E-state index in [4.69, 9.17) is 4.52 Å². The number of halogens is 3. The van der Waals surface area contributed by atoms with E-state index in [1.165, 1.54) is 24.5 Å². The molecule has 44 heavy (non-hydrogen) atoms. The van der Waals surface area contributed by atoms with Crippen molar-refractivity contribution >= 4 is 34.0 Å². The van der Waals surface area contributed by atoms with Crippen LogP contribution >= 0.6 is 11.3 Å². The second-order valence-corrected chi connectivity index (χ2v) is 11.4. The summed E-state index contributed by atoms with van der Waals surface area (Å²) in [5.41, 5.74) is -0.437. The van der Waals surface area contributed by atoms with Crippen molar-refractivity contribution in [1.29, 1.82) is 0 Å². The van der Waals surface area contributed by atoms with E-state index in [9.17, 15) is 32.7 Å². The zero-order chi connectivity index (χ0) is 31.2. The number of Topliss-reactive ketones (excluding diaryl/α,β-unsaturated/α-hetero) is 1. The van der Waals surface area contributed by atoms with Crippen LogP contribution in [0.25, 0.3) is 32.6 Å². The van der Waals surface area contributed by atoms with Gasteiger partial charge in [-0.25, -0.2) is 9.78 Å². The highest BCUT2D eigenvalue weighted by atomic mass is 32.1. The van der Waals surface area contributed by atoms with Gasteiger partial charge in [0.2, 0.25) is 11.3 Å². The molecular weight excluding hydrogens is 599 g/mol. The van der Waals surface area contributed by atoms with Gasteiger partial charge in [-0.1, -0.05) is 18.1 Å². The summed E-state index contributed by atoms with van der Waals surface area (Å²) in [7, 11) is 0. The topological polar surface area (TPSA) is 141 Å². The second kappa shape index (κ2) is 11.4. The standard InChI is InChI=1S/C30H24F3N5O5S/c1-2-3-18(39)9-17-10-19(28-35-24(14-44-28)30(31,32)33)21(11-34-17)16-6-7-23-20(8-16)26(40)22(29(41)42)12-38(23)13-25-36-27(43-37-25)15-4-5-15/h6-8,10-12,14-15H,2-5,9,13H2,1H3,(H,41,42). The Balaban J connectivity index is 1.47. The highest BCUT2D eigenvalue weighted by molar-refractivity contribution is 7.13. The molecule has 0 bridgehead atoms. The van der Waals surface area contributed by atoms with Gasteiger partial charge in [0.25, 0.3) is 0 Å². The van der Waals surface area contributed by atoms with E-state index in [-0.39, 0.29) is 35.1 Å². The second-order valence-electron chi connectivity index (χ2n) is 10.6. The van der Waals surface area contributed by atoms with E-state index in [1.54, 1.807) is 16.7 Å². The third-order valence-electron chi connectivity index (χ3n) is 7.24. The first-order valence-corrected chi connectivity index (χ1v) is 14.7.